The van der Waals surface area contributed by atoms with Crippen molar-refractivity contribution in [3.63, 3.8) is 0 Å². The molecule has 0 spiro atoms. The lowest BCUT2D eigenvalue weighted by Gasteiger charge is -2.22. The maximum atomic E-state index is 13.3. The fourth-order valence-electron chi connectivity index (χ4n) is 4.45. The number of methoxy groups -OCH3 is 1. The van der Waals surface area contributed by atoms with Crippen LogP contribution in [0.15, 0.2) is 102 Å². The molecule has 0 unspecified atom stereocenters. The first kappa shape index (κ1) is 32.3. The summed E-state index contributed by atoms with van der Waals surface area (Å²) in [5, 5.41) is 16.9. The van der Waals surface area contributed by atoms with Gasteiger partial charge in [0.2, 0.25) is 10.0 Å². The van der Waals surface area contributed by atoms with Crippen LogP contribution in [-0.2, 0) is 16.6 Å². The monoisotopic (exact) mass is 630 g/mol. The number of benzene rings is 4. The zero-order valence-electron chi connectivity index (χ0n) is 24.4. The van der Waals surface area contributed by atoms with Gasteiger partial charge in [0, 0.05) is 29.8 Å². The number of sulfonamides is 1. The van der Waals surface area contributed by atoms with Gasteiger partial charge in [-0.1, -0.05) is 74.1 Å². The molecule has 9 nitrogen and oxygen atoms in total. The van der Waals surface area contributed by atoms with Gasteiger partial charge in [0.1, 0.15) is 22.3 Å². The lowest BCUT2D eigenvalue weighted by Crippen LogP contribution is -2.34. The zero-order chi connectivity index (χ0) is 31.7. The molecule has 228 valence electrons. The highest BCUT2D eigenvalue weighted by molar-refractivity contribution is 7.89. The molecule has 4 rings (SSSR count). The molecular formula is C33H34N4O5S2. The number of primary sulfonamides is 1. The molecule has 0 radical (unpaired) electrons. The molecule has 44 heavy (non-hydrogen) atoms. The van der Waals surface area contributed by atoms with Gasteiger partial charge in [0.15, 0.2) is 0 Å². The third kappa shape index (κ3) is 8.50. The van der Waals surface area contributed by atoms with E-state index in [2.05, 4.69) is 5.32 Å². The Morgan fingerprint density at radius 2 is 1.61 bits per heavy atom. The fraction of sp³-hybridized carbons (Fsp3) is 0.182. The van der Waals surface area contributed by atoms with E-state index in [1.807, 2.05) is 37.3 Å². The molecule has 1 amide bonds. The molecule has 11 heteroatoms. The number of nitrogens with one attached hydrogen (secondary N) is 2. The molecule has 0 aliphatic carbocycles. The molecule has 0 saturated carbocycles. The largest absolute Gasteiger partial charge is 0.497 e. The Balaban J connectivity index is 1.44. The van der Waals surface area contributed by atoms with Crippen molar-refractivity contribution in [2.45, 2.75) is 31.2 Å². The molecular weight excluding hydrogens is 597 g/mol. The van der Waals surface area contributed by atoms with Crippen LogP contribution < -0.4 is 19.9 Å². The van der Waals surface area contributed by atoms with E-state index in [9.17, 15) is 13.2 Å². The topological polar surface area (TPSA) is 135 Å². The summed E-state index contributed by atoms with van der Waals surface area (Å²) in [6.45, 7) is 2.81. The second kappa shape index (κ2) is 14.7. The van der Waals surface area contributed by atoms with E-state index in [1.54, 1.807) is 72.7 Å². The van der Waals surface area contributed by atoms with Gasteiger partial charge in [-0.05, 0) is 66.1 Å². The van der Waals surface area contributed by atoms with Gasteiger partial charge in [0.25, 0.3) is 0 Å². The first-order valence-corrected chi connectivity index (χ1v) is 15.9. The summed E-state index contributed by atoms with van der Waals surface area (Å²) >= 11 is 5.49. The van der Waals surface area contributed by atoms with Gasteiger partial charge in [0.05, 0.1) is 12.0 Å². The van der Waals surface area contributed by atoms with Gasteiger partial charge in [-0.25, -0.2) is 18.4 Å². The Kier molecular flexibility index (Phi) is 10.8. The highest BCUT2D eigenvalue weighted by Gasteiger charge is 2.18. The predicted octanol–water partition coefficient (Wildman–Crippen LogP) is 6.10. The summed E-state index contributed by atoms with van der Waals surface area (Å²) in [5.41, 5.74) is 3.29. The van der Waals surface area contributed by atoms with E-state index in [1.165, 1.54) is 6.07 Å². The number of thiocarbonyl (C=S) groups is 1. The van der Waals surface area contributed by atoms with Crippen molar-refractivity contribution >= 4 is 39.2 Å². The predicted molar refractivity (Wildman–Crippen MR) is 176 cm³/mol. The number of carbonyl (C=O) groups excluding carboxylic acids is 1. The van der Waals surface area contributed by atoms with Crippen LogP contribution in [0.5, 0.6) is 11.5 Å². The standard InChI is InChI=1S/C33H34N4O5S2/c1-3-4-20-37(33(38)42-28-18-12-24(13-19-28)29-10-5-6-11-30(29)44(35,39)40)22-23-8-7-9-26(21-23)31(34)36-32(43)25-14-16-27(41-2)17-15-25/h5-19,21H,3-4,20,22H2,1-2H3,(H2,34,36,43)(H2,35,39,40). The Bertz CT molecular complexity index is 1740. The van der Waals surface area contributed by atoms with Crippen molar-refractivity contribution in [1.82, 2.24) is 10.2 Å². The molecule has 0 saturated heterocycles. The number of nitrogens with zero attached hydrogens (tertiary/aromatic N) is 1. The van der Waals surface area contributed by atoms with Crippen LogP contribution in [0, 0.1) is 5.41 Å². The minimum Gasteiger partial charge on any atom is -0.497 e. The van der Waals surface area contributed by atoms with Crippen LogP contribution in [0.1, 0.15) is 36.5 Å². The van der Waals surface area contributed by atoms with Crippen LogP contribution in [0.3, 0.4) is 0 Å². The number of amidine groups is 1. The Labute approximate surface area is 263 Å². The average molecular weight is 631 g/mol. The molecule has 4 N–H and O–H groups in total. The minimum absolute atomic E-state index is 0.0172. The summed E-state index contributed by atoms with van der Waals surface area (Å²) in [7, 11) is -2.32. The summed E-state index contributed by atoms with van der Waals surface area (Å²) in [5.74, 6) is 1.17. The van der Waals surface area contributed by atoms with E-state index < -0.39 is 16.1 Å². The lowest BCUT2D eigenvalue weighted by molar-refractivity contribution is 0.148. The third-order valence-corrected chi connectivity index (χ3v) is 8.09. The second-order valence-corrected chi connectivity index (χ2v) is 11.9. The molecule has 4 aromatic rings. The highest BCUT2D eigenvalue weighted by Crippen LogP contribution is 2.28. The summed E-state index contributed by atoms with van der Waals surface area (Å²) < 4.78 is 34.9. The van der Waals surface area contributed by atoms with Crippen molar-refractivity contribution in [1.29, 1.82) is 5.41 Å². The number of hydrogen-bond acceptors (Lipinski definition) is 7. The molecule has 0 heterocycles. The van der Waals surface area contributed by atoms with E-state index in [4.69, 9.17) is 32.2 Å². The van der Waals surface area contributed by atoms with Crippen molar-refractivity contribution in [3.8, 4) is 22.6 Å². The number of unbranched alkanes of at least 4 members (excludes halogenated alkanes) is 1. The van der Waals surface area contributed by atoms with Gasteiger partial charge in [-0.3, -0.25) is 5.41 Å². The average Bonchev–Trinajstić information content (AvgIpc) is 3.03. The molecule has 0 atom stereocenters. The molecule has 0 aliphatic heterocycles. The molecule has 0 bridgehead atoms. The van der Waals surface area contributed by atoms with Gasteiger partial charge < -0.3 is 19.7 Å². The number of carbonyl (C=O) groups is 1. The minimum atomic E-state index is -3.91. The van der Waals surface area contributed by atoms with Crippen molar-refractivity contribution in [2.24, 2.45) is 5.14 Å². The van der Waals surface area contributed by atoms with Gasteiger partial charge in [-0.15, -0.1) is 0 Å². The Morgan fingerprint density at radius 3 is 2.27 bits per heavy atom. The zero-order valence-corrected chi connectivity index (χ0v) is 26.1. The summed E-state index contributed by atoms with van der Waals surface area (Å²) in [4.78, 5) is 15.3. The van der Waals surface area contributed by atoms with Crippen LogP contribution in [0.4, 0.5) is 4.79 Å². The van der Waals surface area contributed by atoms with Crippen LogP contribution in [-0.4, -0.2) is 43.9 Å². The Morgan fingerprint density at radius 1 is 0.932 bits per heavy atom. The second-order valence-electron chi connectivity index (χ2n) is 9.97. The normalized spacial score (nSPS) is 11.0. The molecule has 4 aromatic carbocycles. The molecule has 0 aromatic heterocycles. The third-order valence-electron chi connectivity index (χ3n) is 6.78. The van der Waals surface area contributed by atoms with Crippen molar-refractivity contribution < 1.29 is 22.7 Å². The Hall–Kier alpha value is -4.58. The highest BCUT2D eigenvalue weighted by atomic mass is 32.2. The number of nitrogens with two attached hydrogens (primary N) is 1. The first-order chi connectivity index (χ1) is 21.1. The summed E-state index contributed by atoms with van der Waals surface area (Å²) in [6, 6.07) is 27.7. The van der Waals surface area contributed by atoms with E-state index in [-0.39, 0.29) is 17.3 Å². The van der Waals surface area contributed by atoms with Crippen LogP contribution in [0.25, 0.3) is 11.1 Å². The summed E-state index contributed by atoms with van der Waals surface area (Å²) in [6.07, 6.45) is 1.15. The van der Waals surface area contributed by atoms with Crippen LogP contribution >= 0.6 is 12.2 Å². The quantitative estimate of drug-likeness (QED) is 0.104. The molecule has 0 fully saturated rings. The number of rotatable bonds is 11. The maximum Gasteiger partial charge on any atom is 0.415 e. The maximum absolute atomic E-state index is 13.3. The van der Waals surface area contributed by atoms with Crippen LogP contribution in [0.2, 0.25) is 0 Å². The van der Waals surface area contributed by atoms with Gasteiger partial charge >= 0.3 is 6.09 Å². The van der Waals surface area contributed by atoms with E-state index in [0.29, 0.717) is 39.7 Å². The lowest BCUT2D eigenvalue weighted by atomic mass is 10.1. The fourth-order valence-corrected chi connectivity index (χ4v) is 5.45. The SMILES string of the molecule is CCCCN(Cc1cccc(C(=N)NC(=S)c2ccc(OC)cc2)c1)C(=O)Oc1ccc(-c2ccccc2S(N)(=O)=O)cc1. The number of hydrogen-bond donors (Lipinski definition) is 3. The smallest absolute Gasteiger partial charge is 0.415 e. The number of ether oxygens (including phenoxy) is 2. The van der Waals surface area contributed by atoms with Crippen molar-refractivity contribution in [2.75, 3.05) is 13.7 Å². The van der Waals surface area contributed by atoms with E-state index in [0.717, 1.165) is 24.0 Å². The first-order valence-electron chi connectivity index (χ1n) is 13.9. The van der Waals surface area contributed by atoms with E-state index >= 15 is 0 Å². The number of amides is 1. The van der Waals surface area contributed by atoms with Crippen molar-refractivity contribution in [3.05, 3.63) is 114 Å². The van der Waals surface area contributed by atoms with Gasteiger partial charge in [-0.2, -0.15) is 0 Å². The molecule has 0 aliphatic rings.